The first-order chi connectivity index (χ1) is 34.1. The highest BCUT2D eigenvalue weighted by Gasteiger charge is 2.19. The largest absolute Gasteiger partial charge is 0.462 e. The van der Waals surface area contributed by atoms with Crippen LogP contribution in [0.1, 0.15) is 356 Å². The Morgan fingerprint density at radius 2 is 0.500 bits per heavy atom. The molecule has 0 heterocycles. The molecule has 0 fully saturated rings. The van der Waals surface area contributed by atoms with Gasteiger partial charge < -0.3 is 14.2 Å². The van der Waals surface area contributed by atoms with Crippen molar-refractivity contribution in [1.29, 1.82) is 0 Å². The summed E-state index contributed by atoms with van der Waals surface area (Å²) < 4.78 is 17.0. The topological polar surface area (TPSA) is 78.9 Å². The van der Waals surface area contributed by atoms with E-state index in [0.717, 1.165) is 75.5 Å². The number of esters is 3. The lowest BCUT2D eigenvalue weighted by atomic mass is 9.99. The van der Waals surface area contributed by atoms with Crippen LogP contribution in [0.3, 0.4) is 0 Å². The first-order valence-corrected chi connectivity index (χ1v) is 31.6. The van der Waals surface area contributed by atoms with Crippen molar-refractivity contribution in [2.75, 3.05) is 13.2 Å². The van der Waals surface area contributed by atoms with Crippen LogP contribution in [0.15, 0.2) is 0 Å². The molecule has 2 atom stereocenters. The Morgan fingerprint density at radius 1 is 0.286 bits per heavy atom. The first kappa shape index (κ1) is 68.4. The molecule has 0 spiro atoms. The minimum atomic E-state index is -0.764. The van der Waals surface area contributed by atoms with E-state index >= 15 is 0 Å². The molecule has 6 heteroatoms. The average Bonchev–Trinajstić information content (AvgIpc) is 3.33. The van der Waals surface area contributed by atoms with Gasteiger partial charge in [0, 0.05) is 19.3 Å². The number of hydrogen-bond acceptors (Lipinski definition) is 6. The fraction of sp³-hybridized carbons (Fsp3) is 0.953. The Bertz CT molecular complexity index is 1090. The van der Waals surface area contributed by atoms with Crippen LogP contribution in [0.25, 0.3) is 0 Å². The summed E-state index contributed by atoms with van der Waals surface area (Å²) >= 11 is 0. The highest BCUT2D eigenvalue weighted by atomic mass is 16.6. The van der Waals surface area contributed by atoms with Gasteiger partial charge in [0.05, 0.1) is 0 Å². The third-order valence-corrected chi connectivity index (χ3v) is 15.0. The summed E-state index contributed by atoms with van der Waals surface area (Å²) in [5, 5.41) is 0. The van der Waals surface area contributed by atoms with E-state index in [2.05, 4.69) is 41.5 Å². The number of carbonyl (C=O) groups excluding carboxylic acids is 3. The highest BCUT2D eigenvalue weighted by molar-refractivity contribution is 5.71. The average molecular weight is 990 g/mol. The summed E-state index contributed by atoms with van der Waals surface area (Å²) in [6, 6.07) is 0. The van der Waals surface area contributed by atoms with Crippen molar-refractivity contribution in [1.82, 2.24) is 0 Å². The predicted octanol–water partition coefficient (Wildman–Crippen LogP) is 21.1. The third-order valence-electron chi connectivity index (χ3n) is 15.0. The zero-order valence-corrected chi connectivity index (χ0v) is 48.3. The van der Waals surface area contributed by atoms with Crippen molar-refractivity contribution in [3.63, 3.8) is 0 Å². The molecule has 1 unspecified atom stereocenters. The molecule has 0 rings (SSSR count). The van der Waals surface area contributed by atoms with Gasteiger partial charge in [-0.05, 0) is 37.0 Å². The lowest BCUT2D eigenvalue weighted by Gasteiger charge is -2.18. The fourth-order valence-electron chi connectivity index (χ4n) is 9.85. The van der Waals surface area contributed by atoms with E-state index in [4.69, 9.17) is 14.2 Å². The second-order valence-electron chi connectivity index (χ2n) is 23.2. The van der Waals surface area contributed by atoms with Crippen LogP contribution in [-0.2, 0) is 28.6 Å². The number of hydrogen-bond donors (Lipinski definition) is 0. The molecular formula is C64H124O6. The number of ether oxygens (including phenoxy) is 3. The molecule has 0 aromatic heterocycles. The van der Waals surface area contributed by atoms with Gasteiger partial charge in [0.15, 0.2) is 6.10 Å². The third kappa shape index (κ3) is 55.7. The normalized spacial score (nSPS) is 12.5. The zero-order chi connectivity index (χ0) is 51.2. The molecule has 0 bridgehead atoms. The van der Waals surface area contributed by atoms with Crippen LogP contribution >= 0.6 is 0 Å². The van der Waals surface area contributed by atoms with Crippen molar-refractivity contribution in [2.45, 2.75) is 362 Å². The Morgan fingerprint density at radius 3 is 0.743 bits per heavy atom. The maximum Gasteiger partial charge on any atom is 0.306 e. The highest BCUT2D eigenvalue weighted by Crippen LogP contribution is 2.19. The van der Waals surface area contributed by atoms with Gasteiger partial charge in [-0.25, -0.2) is 0 Å². The standard InChI is InChI=1S/C64H124O6/c1-7-60(6)52-46-40-34-28-22-15-12-13-16-23-29-35-41-47-53-62(65)68-56-61(57-69-63(66)54-48-42-36-30-24-19-18-21-27-33-39-45-51-59(4)5)70-64(67)55-49-43-37-31-25-17-11-9-8-10-14-20-26-32-38-44-50-58(2)3/h58-61H,7-57H2,1-6H3/t60?,61-/m0/s1. The first-order valence-electron chi connectivity index (χ1n) is 31.6. The quantitative estimate of drug-likeness (QED) is 0.0343. The molecule has 0 N–H and O–H groups in total. The molecule has 0 aromatic rings. The minimum absolute atomic E-state index is 0.0627. The van der Waals surface area contributed by atoms with Crippen molar-refractivity contribution >= 4 is 17.9 Å². The number of unbranched alkanes of at least 4 members (excludes halogenated alkanes) is 39. The zero-order valence-electron chi connectivity index (χ0n) is 48.3. The Balaban J connectivity index is 4.30. The summed E-state index contributed by atoms with van der Waals surface area (Å²) in [7, 11) is 0. The molecule has 0 amide bonds. The maximum atomic E-state index is 12.9. The monoisotopic (exact) mass is 989 g/mol. The molecule has 0 aliphatic heterocycles. The number of carbonyl (C=O) groups is 3. The van der Waals surface area contributed by atoms with Crippen LogP contribution in [0.2, 0.25) is 0 Å². The van der Waals surface area contributed by atoms with Gasteiger partial charge >= 0.3 is 17.9 Å². The fourth-order valence-corrected chi connectivity index (χ4v) is 9.85. The minimum Gasteiger partial charge on any atom is -0.462 e. The van der Waals surface area contributed by atoms with E-state index in [1.807, 2.05) is 0 Å². The van der Waals surface area contributed by atoms with Gasteiger partial charge in [0.25, 0.3) is 0 Å². The van der Waals surface area contributed by atoms with Gasteiger partial charge in [-0.2, -0.15) is 0 Å². The van der Waals surface area contributed by atoms with Gasteiger partial charge in [-0.3, -0.25) is 14.4 Å². The maximum absolute atomic E-state index is 12.9. The van der Waals surface area contributed by atoms with Gasteiger partial charge in [0.1, 0.15) is 13.2 Å². The number of rotatable bonds is 57. The van der Waals surface area contributed by atoms with Crippen molar-refractivity contribution < 1.29 is 28.6 Å². The molecule has 0 aliphatic rings. The lowest BCUT2D eigenvalue weighted by molar-refractivity contribution is -0.167. The molecule has 70 heavy (non-hydrogen) atoms. The van der Waals surface area contributed by atoms with E-state index in [-0.39, 0.29) is 31.1 Å². The Hall–Kier alpha value is -1.59. The second-order valence-corrected chi connectivity index (χ2v) is 23.2. The SMILES string of the molecule is CCC(C)CCCCCCCCCCCCCCCCC(=O)OC[C@@H](COC(=O)CCCCCCCCCCCCCCC(C)C)OC(=O)CCCCCCCCCCCCCCCCCCC(C)C. The predicted molar refractivity (Wildman–Crippen MR) is 303 cm³/mol. The van der Waals surface area contributed by atoms with E-state index in [0.29, 0.717) is 19.3 Å². The summed E-state index contributed by atoms with van der Waals surface area (Å²) in [5.41, 5.74) is 0. The van der Waals surface area contributed by atoms with Crippen molar-refractivity contribution in [2.24, 2.45) is 17.8 Å². The van der Waals surface area contributed by atoms with Crippen LogP contribution < -0.4 is 0 Å². The van der Waals surface area contributed by atoms with Crippen molar-refractivity contribution in [3.05, 3.63) is 0 Å². The summed E-state index contributed by atoms with van der Waals surface area (Å²) in [6.45, 7) is 13.8. The molecule has 0 saturated carbocycles. The molecule has 0 radical (unpaired) electrons. The molecule has 0 saturated heterocycles. The van der Waals surface area contributed by atoms with Gasteiger partial charge in [-0.15, -0.1) is 0 Å². The molecule has 6 nitrogen and oxygen atoms in total. The van der Waals surface area contributed by atoms with Crippen LogP contribution in [0.5, 0.6) is 0 Å². The van der Waals surface area contributed by atoms with E-state index in [1.165, 1.54) is 238 Å². The summed E-state index contributed by atoms with van der Waals surface area (Å²) in [5.74, 6) is 1.74. The molecule has 0 aromatic carbocycles. The van der Waals surface area contributed by atoms with Gasteiger partial charge in [-0.1, -0.05) is 318 Å². The second kappa shape index (κ2) is 55.2. The molecular weight excluding hydrogens is 865 g/mol. The molecule has 416 valence electrons. The van der Waals surface area contributed by atoms with Crippen LogP contribution in [-0.4, -0.2) is 37.2 Å². The van der Waals surface area contributed by atoms with Crippen LogP contribution in [0, 0.1) is 17.8 Å². The van der Waals surface area contributed by atoms with E-state index in [9.17, 15) is 14.4 Å². The summed E-state index contributed by atoms with van der Waals surface area (Å²) in [4.78, 5) is 38.3. The summed E-state index contributed by atoms with van der Waals surface area (Å²) in [6.07, 6.45) is 59.5. The molecule has 0 aliphatic carbocycles. The van der Waals surface area contributed by atoms with Gasteiger partial charge in [0.2, 0.25) is 0 Å². The van der Waals surface area contributed by atoms with Crippen LogP contribution in [0.4, 0.5) is 0 Å². The Kier molecular flexibility index (Phi) is 53.9. The lowest BCUT2D eigenvalue weighted by Crippen LogP contribution is -2.30. The van der Waals surface area contributed by atoms with E-state index < -0.39 is 6.10 Å². The van der Waals surface area contributed by atoms with E-state index in [1.54, 1.807) is 0 Å². The Labute approximate surface area is 438 Å². The smallest absolute Gasteiger partial charge is 0.306 e. The van der Waals surface area contributed by atoms with Crippen molar-refractivity contribution in [3.8, 4) is 0 Å².